The van der Waals surface area contributed by atoms with Crippen LogP contribution in [-0.4, -0.2) is 76.5 Å². The second kappa shape index (κ2) is 11.6. The van der Waals surface area contributed by atoms with Gasteiger partial charge in [-0.2, -0.15) is 4.98 Å². The molecule has 1 saturated heterocycles. The Kier molecular flexibility index (Phi) is 8.22. The highest BCUT2D eigenvalue weighted by molar-refractivity contribution is 8.44. The monoisotopic (exact) mass is 661 g/mol. The van der Waals surface area contributed by atoms with Crippen molar-refractivity contribution in [3.05, 3.63) is 34.5 Å². The summed E-state index contributed by atoms with van der Waals surface area (Å²) in [6.07, 6.45) is 0.288. The number of imidazole rings is 2. The minimum atomic E-state index is -4.06. The molecule has 0 spiro atoms. The molecular formula is C20H25N9O9P2S2. The summed E-state index contributed by atoms with van der Waals surface area (Å²) in [5.74, 6) is 0.591. The van der Waals surface area contributed by atoms with Crippen LogP contribution in [0.25, 0.3) is 22.3 Å². The van der Waals surface area contributed by atoms with E-state index in [9.17, 15) is 14.3 Å². The van der Waals surface area contributed by atoms with E-state index in [1.54, 1.807) is 4.57 Å². The van der Waals surface area contributed by atoms with Crippen molar-refractivity contribution in [2.45, 2.75) is 44.6 Å². The van der Waals surface area contributed by atoms with Gasteiger partial charge in [0.2, 0.25) is 5.95 Å². The molecule has 42 heavy (non-hydrogen) atoms. The minimum Gasteiger partial charge on any atom is -0.377 e. The van der Waals surface area contributed by atoms with Gasteiger partial charge in [-0.25, -0.2) is 24.5 Å². The van der Waals surface area contributed by atoms with Gasteiger partial charge in [-0.05, 0) is 11.8 Å². The standard InChI is InChI=1S/C20H25N9O9P2S2/c1-33-7-13-22-5-11-16(25-13)28-2-3-34-39(31,41)35-6-10-4-12(38-40(32,42)36-8-14(28)24-11)19(37-10)29-9-23-15-17(29)26-20(21)27-18(15)30/h5,9-10,12,19H,2-4,6-8H2,1H3,(H,31,41)(H,32,42)(H3,21,26,27,30)/t10-,12+,19+,39?,40?/m0/s1. The number of nitrogen functional groups attached to an aromatic ring is 1. The van der Waals surface area contributed by atoms with Crippen molar-refractivity contribution in [2.24, 2.45) is 0 Å². The molecule has 2 aliphatic rings. The molecule has 226 valence electrons. The molecule has 6 rings (SSSR count). The molecule has 2 bridgehead atoms. The number of nitrogens with zero attached hydrogens (tertiary/aromatic N) is 7. The van der Waals surface area contributed by atoms with Gasteiger partial charge in [-0.3, -0.25) is 23.4 Å². The fourth-order valence-corrected chi connectivity index (χ4v) is 7.20. The van der Waals surface area contributed by atoms with Crippen molar-refractivity contribution in [3.63, 3.8) is 0 Å². The SMILES string of the molecule is COCc1ncc2nc3n(c2n1)CCOP(O)(=S)OC[C@@H]1C[C@@H](OP(=O)(S)OC3)[C@H](n2cnc3c(=O)[nH]c(N)nc32)O1. The molecule has 18 nitrogen and oxygen atoms in total. The Morgan fingerprint density at radius 1 is 1.26 bits per heavy atom. The molecule has 22 heteroatoms. The van der Waals surface area contributed by atoms with Gasteiger partial charge in [0.25, 0.3) is 5.56 Å². The predicted octanol–water partition coefficient (Wildman–Crippen LogP) is 1.18. The maximum absolute atomic E-state index is 13.5. The molecule has 0 aromatic carbocycles. The van der Waals surface area contributed by atoms with E-state index in [4.69, 9.17) is 45.1 Å². The maximum atomic E-state index is 13.5. The topological polar surface area (TPSA) is 226 Å². The van der Waals surface area contributed by atoms with Crippen molar-refractivity contribution >= 4 is 65.8 Å². The molecule has 0 saturated carbocycles. The number of nitrogens with two attached hydrogens (primary N) is 1. The Bertz CT molecular complexity index is 1800. The number of thiol groups is 1. The summed E-state index contributed by atoms with van der Waals surface area (Å²) in [6.45, 7) is -7.99. The van der Waals surface area contributed by atoms with Gasteiger partial charge >= 0.3 is 13.5 Å². The predicted molar refractivity (Wildman–Crippen MR) is 152 cm³/mol. The van der Waals surface area contributed by atoms with Gasteiger partial charge in [0.15, 0.2) is 28.9 Å². The molecule has 4 N–H and O–H groups in total. The normalized spacial score (nSPS) is 29.4. The Hall–Kier alpha value is -2.35. The maximum Gasteiger partial charge on any atom is 0.386 e. The van der Waals surface area contributed by atoms with Crippen molar-refractivity contribution in [2.75, 3.05) is 26.1 Å². The zero-order valence-electron chi connectivity index (χ0n) is 21.8. The molecular weight excluding hydrogens is 636 g/mol. The van der Waals surface area contributed by atoms with Gasteiger partial charge in [0.05, 0.1) is 31.8 Å². The zero-order chi connectivity index (χ0) is 29.6. The van der Waals surface area contributed by atoms with E-state index in [1.165, 1.54) is 24.2 Å². The Labute approximate surface area is 246 Å². The molecule has 6 heterocycles. The summed E-state index contributed by atoms with van der Waals surface area (Å²) in [4.78, 5) is 46.9. The van der Waals surface area contributed by atoms with Crippen LogP contribution in [0.3, 0.4) is 0 Å². The van der Waals surface area contributed by atoms with Crippen molar-refractivity contribution < 1.29 is 37.0 Å². The summed E-state index contributed by atoms with van der Waals surface area (Å²) in [5, 5.41) is 0. The molecule has 1 fully saturated rings. The summed E-state index contributed by atoms with van der Waals surface area (Å²) in [5.41, 5.74) is 6.18. The number of H-pyrrole nitrogens is 1. The van der Waals surface area contributed by atoms with Crippen molar-refractivity contribution in [3.8, 4) is 0 Å². The number of rotatable bonds is 3. The quantitative estimate of drug-likeness (QED) is 0.179. The van der Waals surface area contributed by atoms with Crippen LogP contribution in [0.1, 0.15) is 24.3 Å². The van der Waals surface area contributed by atoms with Crippen LogP contribution in [-0.2, 0) is 63.7 Å². The van der Waals surface area contributed by atoms with Crippen LogP contribution < -0.4 is 11.3 Å². The second-order valence-corrected chi connectivity index (χ2v) is 15.0. The summed E-state index contributed by atoms with van der Waals surface area (Å²) in [6, 6.07) is 0. The first-order valence-electron chi connectivity index (χ1n) is 12.4. The smallest absolute Gasteiger partial charge is 0.377 e. The van der Waals surface area contributed by atoms with E-state index >= 15 is 0 Å². The van der Waals surface area contributed by atoms with E-state index in [2.05, 4.69) is 42.2 Å². The first-order valence-corrected chi connectivity index (χ1v) is 17.7. The molecule has 0 radical (unpaired) electrons. The number of ether oxygens (including phenoxy) is 2. The average molecular weight is 662 g/mol. The van der Waals surface area contributed by atoms with Gasteiger partial charge in [-0.15, -0.1) is 0 Å². The van der Waals surface area contributed by atoms with E-state index in [1.807, 2.05) is 0 Å². The number of fused-ring (bicyclic) bond motifs is 6. The molecule has 2 unspecified atom stereocenters. The van der Waals surface area contributed by atoms with Crippen LogP contribution in [0.2, 0.25) is 0 Å². The molecule has 4 aromatic rings. The number of aromatic nitrogens is 8. The highest BCUT2D eigenvalue weighted by Crippen LogP contribution is 2.57. The number of nitrogens with one attached hydrogen (secondary N) is 1. The van der Waals surface area contributed by atoms with Crippen LogP contribution in [0.15, 0.2) is 17.3 Å². The third-order valence-corrected chi connectivity index (χ3v) is 9.62. The van der Waals surface area contributed by atoms with E-state index < -0.39 is 37.5 Å². The number of methoxy groups -OCH3 is 1. The highest BCUT2D eigenvalue weighted by Gasteiger charge is 2.43. The first kappa shape index (κ1) is 29.7. The third kappa shape index (κ3) is 6.15. The molecule has 5 atom stereocenters. The third-order valence-electron chi connectivity index (χ3n) is 6.38. The van der Waals surface area contributed by atoms with Crippen molar-refractivity contribution in [1.29, 1.82) is 0 Å². The molecule has 0 aliphatic carbocycles. The van der Waals surface area contributed by atoms with Gasteiger partial charge in [-0.1, -0.05) is 12.2 Å². The molecule has 2 aliphatic heterocycles. The van der Waals surface area contributed by atoms with Crippen LogP contribution in [0.5, 0.6) is 0 Å². The Morgan fingerprint density at radius 2 is 2.10 bits per heavy atom. The van der Waals surface area contributed by atoms with Crippen LogP contribution in [0, 0.1) is 0 Å². The molecule has 0 amide bonds. The summed E-state index contributed by atoms with van der Waals surface area (Å²) in [7, 11) is 1.52. The van der Waals surface area contributed by atoms with E-state index in [0.29, 0.717) is 22.8 Å². The van der Waals surface area contributed by atoms with E-state index in [-0.39, 0.29) is 56.5 Å². The van der Waals surface area contributed by atoms with Gasteiger partial charge in [0.1, 0.15) is 30.7 Å². The van der Waals surface area contributed by atoms with Gasteiger partial charge < -0.3 is 33.7 Å². The van der Waals surface area contributed by atoms with Crippen LogP contribution >= 0.6 is 25.8 Å². The fraction of sp³-hybridized carbons (Fsp3) is 0.500. The lowest BCUT2D eigenvalue weighted by molar-refractivity contribution is -0.0440. The fourth-order valence-electron chi connectivity index (χ4n) is 4.64. The summed E-state index contributed by atoms with van der Waals surface area (Å²) < 4.78 is 50.5. The van der Waals surface area contributed by atoms with Gasteiger partial charge in [0, 0.05) is 20.1 Å². The second-order valence-electron chi connectivity index (χ2n) is 9.25. The zero-order valence-corrected chi connectivity index (χ0v) is 25.3. The largest absolute Gasteiger partial charge is 0.386 e. The van der Waals surface area contributed by atoms with Crippen LogP contribution in [0.4, 0.5) is 5.95 Å². The lowest BCUT2D eigenvalue weighted by Crippen LogP contribution is -2.22. The Balaban J connectivity index is 1.34. The summed E-state index contributed by atoms with van der Waals surface area (Å²) >= 11 is 9.41. The number of aromatic amines is 1. The van der Waals surface area contributed by atoms with E-state index in [0.717, 1.165) is 0 Å². The number of hydrogen-bond acceptors (Lipinski definition) is 15. The minimum absolute atomic E-state index is 0.00798. The first-order chi connectivity index (χ1) is 20.0. The lowest BCUT2D eigenvalue weighted by atomic mass is 10.2. The molecule has 4 aromatic heterocycles. The van der Waals surface area contributed by atoms with Crippen molar-refractivity contribution in [1.82, 2.24) is 39.0 Å². The Morgan fingerprint density at radius 3 is 2.90 bits per heavy atom. The number of hydrogen-bond donors (Lipinski definition) is 4. The highest BCUT2D eigenvalue weighted by atomic mass is 32.7. The number of anilines is 1. The average Bonchev–Trinajstić information content (AvgIpc) is 3.61. The lowest BCUT2D eigenvalue weighted by Gasteiger charge is -2.23.